The second-order valence-electron chi connectivity index (χ2n) is 4.02. The van der Waals surface area contributed by atoms with Crippen molar-refractivity contribution >= 4 is 5.97 Å². The quantitative estimate of drug-likeness (QED) is 0.794. The SMILES string of the molecule is CCCOC(=O)c1nnn(-c2ccccc2F)c1C. The molecule has 0 atom stereocenters. The smallest absolute Gasteiger partial charge is 0.360 e. The fraction of sp³-hybridized carbons (Fsp3) is 0.308. The molecule has 0 aliphatic carbocycles. The summed E-state index contributed by atoms with van der Waals surface area (Å²) in [6.45, 7) is 3.87. The maximum Gasteiger partial charge on any atom is 0.360 e. The summed E-state index contributed by atoms with van der Waals surface area (Å²) in [4.78, 5) is 11.7. The number of ether oxygens (including phenoxy) is 1. The van der Waals surface area contributed by atoms with E-state index < -0.39 is 11.8 Å². The van der Waals surface area contributed by atoms with Gasteiger partial charge in [-0.3, -0.25) is 0 Å². The minimum Gasteiger partial charge on any atom is -0.461 e. The van der Waals surface area contributed by atoms with E-state index in [9.17, 15) is 9.18 Å². The standard InChI is InChI=1S/C13H14FN3O2/c1-3-8-19-13(18)12-9(2)17(16-15-12)11-7-5-4-6-10(11)14/h4-7H,3,8H2,1-2H3. The van der Waals surface area contributed by atoms with Gasteiger partial charge in [0.15, 0.2) is 5.69 Å². The first-order chi connectivity index (χ1) is 9.15. The summed E-state index contributed by atoms with van der Waals surface area (Å²) < 4.78 is 19.9. The zero-order valence-electron chi connectivity index (χ0n) is 10.8. The molecule has 0 fully saturated rings. The van der Waals surface area contributed by atoms with Gasteiger partial charge in [0.2, 0.25) is 0 Å². The number of carbonyl (C=O) groups excluding carboxylic acids is 1. The Morgan fingerprint density at radius 2 is 2.16 bits per heavy atom. The van der Waals surface area contributed by atoms with E-state index in [0.717, 1.165) is 6.42 Å². The number of esters is 1. The lowest BCUT2D eigenvalue weighted by atomic mass is 10.3. The van der Waals surface area contributed by atoms with E-state index >= 15 is 0 Å². The Balaban J connectivity index is 2.33. The van der Waals surface area contributed by atoms with Gasteiger partial charge in [0, 0.05) is 0 Å². The Morgan fingerprint density at radius 3 is 2.84 bits per heavy atom. The predicted molar refractivity (Wildman–Crippen MR) is 66.6 cm³/mol. The maximum absolute atomic E-state index is 13.7. The van der Waals surface area contributed by atoms with E-state index in [4.69, 9.17) is 4.74 Å². The van der Waals surface area contributed by atoms with Gasteiger partial charge in [-0.25, -0.2) is 13.9 Å². The molecule has 0 amide bonds. The van der Waals surface area contributed by atoms with Crippen molar-refractivity contribution in [3.8, 4) is 5.69 Å². The third kappa shape index (κ3) is 2.62. The van der Waals surface area contributed by atoms with Crippen LogP contribution in [0.1, 0.15) is 29.5 Å². The fourth-order valence-electron chi connectivity index (χ4n) is 1.63. The highest BCUT2D eigenvalue weighted by molar-refractivity contribution is 5.88. The molecule has 2 aromatic rings. The van der Waals surface area contributed by atoms with Crippen molar-refractivity contribution in [1.82, 2.24) is 15.0 Å². The van der Waals surface area contributed by atoms with Gasteiger partial charge in [-0.05, 0) is 25.5 Å². The summed E-state index contributed by atoms with van der Waals surface area (Å²) >= 11 is 0. The van der Waals surface area contributed by atoms with Gasteiger partial charge < -0.3 is 4.74 Å². The number of nitrogens with zero attached hydrogens (tertiary/aromatic N) is 3. The zero-order chi connectivity index (χ0) is 13.8. The van der Waals surface area contributed by atoms with Crippen molar-refractivity contribution in [1.29, 1.82) is 0 Å². The van der Waals surface area contributed by atoms with Crippen LogP contribution in [0.15, 0.2) is 24.3 Å². The third-order valence-corrected chi connectivity index (χ3v) is 2.61. The summed E-state index contributed by atoms with van der Waals surface area (Å²) in [7, 11) is 0. The van der Waals surface area contributed by atoms with Crippen LogP contribution < -0.4 is 0 Å². The average Bonchev–Trinajstić information content (AvgIpc) is 2.78. The Morgan fingerprint density at radius 1 is 1.42 bits per heavy atom. The molecule has 0 radical (unpaired) electrons. The molecular weight excluding hydrogens is 249 g/mol. The van der Waals surface area contributed by atoms with Gasteiger partial charge in [-0.2, -0.15) is 0 Å². The first-order valence-electron chi connectivity index (χ1n) is 5.99. The number of hydrogen-bond donors (Lipinski definition) is 0. The van der Waals surface area contributed by atoms with E-state index in [0.29, 0.717) is 12.3 Å². The molecule has 6 heteroatoms. The molecule has 0 spiro atoms. The van der Waals surface area contributed by atoms with Gasteiger partial charge >= 0.3 is 5.97 Å². The summed E-state index contributed by atoms with van der Waals surface area (Å²) in [6.07, 6.45) is 0.728. The molecule has 1 heterocycles. The Labute approximate surface area is 110 Å². The third-order valence-electron chi connectivity index (χ3n) is 2.61. The van der Waals surface area contributed by atoms with Gasteiger partial charge in [-0.15, -0.1) is 5.10 Å². The number of para-hydroxylation sites is 1. The van der Waals surface area contributed by atoms with Gasteiger partial charge in [0.05, 0.1) is 12.3 Å². The Hall–Kier alpha value is -2.24. The second-order valence-corrected chi connectivity index (χ2v) is 4.02. The number of halogens is 1. The van der Waals surface area contributed by atoms with Gasteiger partial charge in [0.1, 0.15) is 11.5 Å². The van der Waals surface area contributed by atoms with E-state index in [-0.39, 0.29) is 11.4 Å². The molecule has 0 saturated carbocycles. The van der Waals surface area contributed by atoms with Crippen LogP contribution in [0.3, 0.4) is 0 Å². The van der Waals surface area contributed by atoms with Crippen molar-refractivity contribution < 1.29 is 13.9 Å². The Kier molecular flexibility index (Phi) is 3.89. The molecular formula is C13H14FN3O2. The van der Waals surface area contributed by atoms with Crippen LogP contribution in [-0.2, 0) is 4.74 Å². The van der Waals surface area contributed by atoms with E-state index in [1.165, 1.54) is 10.7 Å². The average molecular weight is 263 g/mol. The first kappa shape index (κ1) is 13.2. The largest absolute Gasteiger partial charge is 0.461 e. The lowest BCUT2D eigenvalue weighted by molar-refractivity contribution is 0.0497. The summed E-state index contributed by atoms with van der Waals surface area (Å²) in [6, 6.07) is 6.17. The number of carbonyl (C=O) groups is 1. The van der Waals surface area contributed by atoms with Gasteiger partial charge in [0.25, 0.3) is 0 Å². The highest BCUT2D eigenvalue weighted by Gasteiger charge is 2.19. The van der Waals surface area contributed by atoms with Crippen LogP contribution in [-0.4, -0.2) is 27.6 Å². The minimum absolute atomic E-state index is 0.108. The lowest BCUT2D eigenvalue weighted by Gasteiger charge is -2.04. The summed E-state index contributed by atoms with van der Waals surface area (Å²) in [5.74, 6) is -0.967. The second kappa shape index (κ2) is 5.60. The van der Waals surface area contributed by atoms with Crippen molar-refractivity contribution in [3.63, 3.8) is 0 Å². The normalized spacial score (nSPS) is 10.5. The van der Waals surface area contributed by atoms with E-state index in [1.54, 1.807) is 25.1 Å². The molecule has 100 valence electrons. The fourth-order valence-corrected chi connectivity index (χ4v) is 1.63. The number of hydrogen-bond acceptors (Lipinski definition) is 4. The molecule has 0 unspecified atom stereocenters. The number of aromatic nitrogens is 3. The van der Waals surface area contributed by atoms with Gasteiger partial charge in [-0.1, -0.05) is 24.3 Å². The highest BCUT2D eigenvalue weighted by atomic mass is 19.1. The van der Waals surface area contributed by atoms with Crippen molar-refractivity contribution in [2.75, 3.05) is 6.61 Å². The summed E-state index contributed by atoms with van der Waals surface area (Å²) in [5, 5.41) is 7.56. The zero-order valence-corrected chi connectivity index (χ0v) is 10.8. The molecule has 0 aliphatic rings. The maximum atomic E-state index is 13.7. The van der Waals surface area contributed by atoms with Crippen LogP contribution in [0.4, 0.5) is 4.39 Å². The molecule has 2 rings (SSSR count). The highest BCUT2D eigenvalue weighted by Crippen LogP contribution is 2.15. The van der Waals surface area contributed by atoms with Crippen molar-refractivity contribution in [2.45, 2.75) is 20.3 Å². The molecule has 0 aliphatic heterocycles. The minimum atomic E-state index is -0.540. The van der Waals surface area contributed by atoms with Crippen LogP contribution >= 0.6 is 0 Å². The monoisotopic (exact) mass is 263 g/mol. The topological polar surface area (TPSA) is 57.0 Å². The van der Waals surface area contributed by atoms with Crippen LogP contribution in [0, 0.1) is 12.7 Å². The van der Waals surface area contributed by atoms with E-state index in [1.807, 2.05) is 6.92 Å². The molecule has 5 nitrogen and oxygen atoms in total. The molecule has 0 bridgehead atoms. The predicted octanol–water partition coefficient (Wildman–Crippen LogP) is 2.28. The molecule has 1 aromatic heterocycles. The molecule has 19 heavy (non-hydrogen) atoms. The molecule has 0 saturated heterocycles. The Bertz CT molecular complexity index is 595. The number of benzene rings is 1. The van der Waals surface area contributed by atoms with Crippen LogP contribution in [0.5, 0.6) is 0 Å². The van der Waals surface area contributed by atoms with E-state index in [2.05, 4.69) is 10.3 Å². The van der Waals surface area contributed by atoms with Crippen molar-refractivity contribution in [3.05, 3.63) is 41.5 Å². The molecule has 1 aromatic carbocycles. The van der Waals surface area contributed by atoms with Crippen LogP contribution in [0.25, 0.3) is 5.69 Å². The first-order valence-corrected chi connectivity index (χ1v) is 5.99. The molecule has 0 N–H and O–H groups in total. The number of rotatable bonds is 4. The van der Waals surface area contributed by atoms with Crippen molar-refractivity contribution in [2.24, 2.45) is 0 Å². The van der Waals surface area contributed by atoms with Crippen LogP contribution in [0.2, 0.25) is 0 Å². The summed E-state index contributed by atoms with van der Waals surface area (Å²) in [5.41, 5.74) is 0.810. The lowest BCUT2D eigenvalue weighted by Crippen LogP contribution is -2.09.